The van der Waals surface area contributed by atoms with Gasteiger partial charge in [0.1, 0.15) is 11.6 Å². The van der Waals surface area contributed by atoms with Crippen molar-refractivity contribution in [1.29, 1.82) is 0 Å². The Labute approximate surface area is 81.4 Å². The molecule has 2 N–H and O–H groups in total. The second-order valence-corrected chi connectivity index (χ2v) is 2.65. The van der Waals surface area contributed by atoms with Crippen molar-refractivity contribution in [1.82, 2.24) is 0 Å². The zero-order valence-electron chi connectivity index (χ0n) is 7.18. The van der Waals surface area contributed by atoms with Crippen molar-refractivity contribution >= 4 is 5.69 Å². The zero-order chi connectivity index (χ0) is 11.6. The van der Waals surface area contributed by atoms with Gasteiger partial charge in [0.15, 0.2) is 0 Å². The largest absolute Gasteiger partial charge is 0.461 e. The second kappa shape index (κ2) is 3.92. The summed E-state index contributed by atoms with van der Waals surface area (Å²) >= 11 is 0. The number of nitrogen functional groups attached to an aromatic ring is 1. The molecule has 1 rings (SSSR count). The van der Waals surface area contributed by atoms with E-state index in [-0.39, 0.29) is 0 Å². The Kier molecular flexibility index (Phi) is 3.01. The van der Waals surface area contributed by atoms with Gasteiger partial charge in [0.05, 0.1) is 5.69 Å². The maximum Gasteiger partial charge on any atom is 0.461 e. The average molecular weight is 227 g/mol. The molecule has 0 saturated carbocycles. The summed E-state index contributed by atoms with van der Waals surface area (Å²) in [5, 5.41) is 0. The molecule has 0 saturated heterocycles. The highest BCUT2D eigenvalue weighted by atomic mass is 19.3. The monoisotopic (exact) mass is 227 g/mol. The van der Waals surface area contributed by atoms with Crippen molar-refractivity contribution in [2.45, 2.75) is 12.5 Å². The standard InChI is InChI=1S/C8H6F5NO/c9-4-1-2-6(5(14)3-4)15-8(12,13)7(10)11/h1-3,7H,14H2. The number of benzene rings is 1. The molecule has 84 valence electrons. The molecule has 2 nitrogen and oxygen atoms in total. The lowest BCUT2D eigenvalue weighted by Gasteiger charge is -2.17. The second-order valence-electron chi connectivity index (χ2n) is 2.65. The summed E-state index contributed by atoms with van der Waals surface area (Å²) in [5.41, 5.74) is 4.61. The van der Waals surface area contributed by atoms with Crippen molar-refractivity contribution in [3.05, 3.63) is 24.0 Å². The Morgan fingerprint density at radius 3 is 2.33 bits per heavy atom. The van der Waals surface area contributed by atoms with Gasteiger partial charge in [-0.15, -0.1) is 0 Å². The molecule has 0 radical (unpaired) electrons. The minimum Gasteiger partial charge on any atom is -0.426 e. The highest BCUT2D eigenvalue weighted by Crippen LogP contribution is 2.31. The fourth-order valence-corrected chi connectivity index (χ4v) is 0.803. The van der Waals surface area contributed by atoms with Crippen LogP contribution in [0.4, 0.5) is 27.6 Å². The molecule has 0 aliphatic heterocycles. The fourth-order valence-electron chi connectivity index (χ4n) is 0.803. The molecule has 1 aromatic carbocycles. The number of ether oxygens (including phenoxy) is 1. The molecular formula is C8H6F5NO. The van der Waals surface area contributed by atoms with Gasteiger partial charge in [-0.1, -0.05) is 0 Å². The van der Waals surface area contributed by atoms with Gasteiger partial charge >= 0.3 is 12.5 Å². The van der Waals surface area contributed by atoms with E-state index in [4.69, 9.17) is 5.73 Å². The van der Waals surface area contributed by atoms with Crippen LogP contribution in [0, 0.1) is 5.82 Å². The number of nitrogens with two attached hydrogens (primary N) is 1. The normalized spacial score (nSPS) is 11.9. The van der Waals surface area contributed by atoms with E-state index in [9.17, 15) is 22.0 Å². The number of rotatable bonds is 3. The van der Waals surface area contributed by atoms with Crippen LogP contribution in [0.3, 0.4) is 0 Å². The third kappa shape index (κ3) is 2.71. The van der Waals surface area contributed by atoms with E-state index in [1.165, 1.54) is 0 Å². The van der Waals surface area contributed by atoms with Gasteiger partial charge in [-0.25, -0.2) is 4.39 Å². The van der Waals surface area contributed by atoms with E-state index in [2.05, 4.69) is 4.74 Å². The Morgan fingerprint density at radius 2 is 1.87 bits per heavy atom. The molecule has 1 aromatic rings. The molecule has 0 unspecified atom stereocenters. The zero-order valence-corrected chi connectivity index (χ0v) is 7.18. The van der Waals surface area contributed by atoms with Crippen LogP contribution in [0.15, 0.2) is 18.2 Å². The molecule has 7 heteroatoms. The fraction of sp³-hybridized carbons (Fsp3) is 0.250. The summed E-state index contributed by atoms with van der Waals surface area (Å²) in [7, 11) is 0. The molecule has 0 amide bonds. The van der Waals surface area contributed by atoms with Crippen LogP contribution in [0.25, 0.3) is 0 Å². The van der Waals surface area contributed by atoms with Gasteiger partial charge in [0.2, 0.25) is 0 Å². The van der Waals surface area contributed by atoms with Crippen LogP contribution in [0.1, 0.15) is 0 Å². The highest BCUT2D eigenvalue weighted by molar-refractivity contribution is 5.52. The minimum atomic E-state index is -4.65. The van der Waals surface area contributed by atoms with Crippen LogP contribution in [-0.4, -0.2) is 12.5 Å². The lowest BCUT2D eigenvalue weighted by Crippen LogP contribution is -2.33. The van der Waals surface area contributed by atoms with Crippen LogP contribution in [0.5, 0.6) is 5.75 Å². The van der Waals surface area contributed by atoms with Gasteiger partial charge in [-0.05, 0) is 12.1 Å². The maximum atomic E-state index is 12.5. The summed E-state index contributed by atoms with van der Waals surface area (Å²) < 4.78 is 64.4. The topological polar surface area (TPSA) is 35.2 Å². The SMILES string of the molecule is Nc1cc(F)ccc1OC(F)(F)C(F)F. The minimum absolute atomic E-state index is 0.477. The van der Waals surface area contributed by atoms with E-state index in [1.54, 1.807) is 0 Å². The first kappa shape index (κ1) is 11.5. The molecule has 0 aliphatic carbocycles. The quantitative estimate of drug-likeness (QED) is 0.636. The lowest BCUT2D eigenvalue weighted by molar-refractivity contribution is -0.252. The summed E-state index contributed by atoms with van der Waals surface area (Å²) in [6, 6.07) is 2.21. The third-order valence-electron chi connectivity index (χ3n) is 1.47. The first-order valence-electron chi connectivity index (χ1n) is 3.73. The maximum absolute atomic E-state index is 12.5. The molecule has 0 heterocycles. The van der Waals surface area contributed by atoms with Gasteiger partial charge in [-0.2, -0.15) is 17.6 Å². The van der Waals surface area contributed by atoms with Crippen molar-refractivity contribution in [2.24, 2.45) is 0 Å². The molecule has 0 atom stereocenters. The van der Waals surface area contributed by atoms with Gasteiger partial charge < -0.3 is 10.5 Å². The van der Waals surface area contributed by atoms with E-state index >= 15 is 0 Å². The molecule has 15 heavy (non-hydrogen) atoms. The highest BCUT2D eigenvalue weighted by Gasteiger charge is 2.44. The molecule has 0 fully saturated rings. The van der Waals surface area contributed by atoms with Crippen LogP contribution < -0.4 is 10.5 Å². The van der Waals surface area contributed by atoms with Crippen molar-refractivity contribution in [3.63, 3.8) is 0 Å². The van der Waals surface area contributed by atoms with E-state index in [0.717, 1.165) is 12.1 Å². The van der Waals surface area contributed by atoms with E-state index < -0.39 is 29.8 Å². The molecule has 0 aromatic heterocycles. The number of anilines is 1. The number of halogens is 5. The molecule has 0 spiro atoms. The number of hydrogen-bond acceptors (Lipinski definition) is 2. The summed E-state index contributed by atoms with van der Waals surface area (Å²) in [5.74, 6) is -1.47. The Morgan fingerprint density at radius 1 is 1.27 bits per heavy atom. The molecule has 0 bridgehead atoms. The molecule has 0 aliphatic rings. The molecular weight excluding hydrogens is 221 g/mol. The first-order chi connectivity index (χ1) is 6.83. The number of hydrogen-bond donors (Lipinski definition) is 1. The first-order valence-corrected chi connectivity index (χ1v) is 3.73. The smallest absolute Gasteiger partial charge is 0.426 e. The van der Waals surface area contributed by atoms with Gasteiger partial charge in [0, 0.05) is 6.07 Å². The Balaban J connectivity index is 2.90. The predicted molar refractivity (Wildman–Crippen MR) is 42.4 cm³/mol. The van der Waals surface area contributed by atoms with Gasteiger partial charge in [-0.3, -0.25) is 0 Å². The summed E-state index contributed by atoms with van der Waals surface area (Å²) in [4.78, 5) is 0. The number of alkyl halides is 4. The lowest BCUT2D eigenvalue weighted by atomic mass is 10.3. The predicted octanol–water partition coefficient (Wildman–Crippen LogP) is 2.64. The van der Waals surface area contributed by atoms with Crippen LogP contribution in [0.2, 0.25) is 0 Å². The van der Waals surface area contributed by atoms with Crippen LogP contribution in [-0.2, 0) is 0 Å². The Hall–Kier alpha value is -1.53. The van der Waals surface area contributed by atoms with E-state index in [1.807, 2.05) is 0 Å². The van der Waals surface area contributed by atoms with Crippen molar-refractivity contribution in [3.8, 4) is 5.75 Å². The third-order valence-corrected chi connectivity index (χ3v) is 1.47. The van der Waals surface area contributed by atoms with E-state index in [0.29, 0.717) is 6.07 Å². The van der Waals surface area contributed by atoms with Crippen LogP contribution >= 0.6 is 0 Å². The Bertz CT molecular complexity index is 355. The summed E-state index contributed by atoms with van der Waals surface area (Å²) in [6.45, 7) is 0. The van der Waals surface area contributed by atoms with Crippen molar-refractivity contribution in [2.75, 3.05) is 5.73 Å². The average Bonchev–Trinajstić information content (AvgIpc) is 2.09. The van der Waals surface area contributed by atoms with Gasteiger partial charge in [0.25, 0.3) is 0 Å². The summed E-state index contributed by atoms with van der Waals surface area (Å²) in [6.07, 6.45) is -8.63. The van der Waals surface area contributed by atoms with Crippen molar-refractivity contribution < 1.29 is 26.7 Å².